The third-order valence-corrected chi connectivity index (χ3v) is 3.99. The molecule has 0 saturated heterocycles. The van der Waals surface area contributed by atoms with Gasteiger partial charge in [-0.1, -0.05) is 25.7 Å². The fraction of sp³-hybridized carbons (Fsp3) is 0.917. The molecule has 2 saturated carbocycles. The van der Waals surface area contributed by atoms with Crippen LogP contribution in [0.25, 0.3) is 0 Å². The van der Waals surface area contributed by atoms with Crippen molar-refractivity contribution in [2.45, 2.75) is 57.2 Å². The number of hydrogen-bond donors (Lipinski definition) is 0. The smallest absolute Gasteiger partial charge is 0.367 e. The first-order chi connectivity index (χ1) is 7.94. The average Bonchev–Trinajstić information content (AvgIpc) is 2.49. The van der Waals surface area contributed by atoms with E-state index in [1.54, 1.807) is 0 Å². The highest BCUT2D eigenvalue weighted by Gasteiger charge is 2.55. The van der Waals surface area contributed by atoms with Gasteiger partial charge in [-0.2, -0.15) is 13.2 Å². The number of carbonyl (C=O) groups excluding carboxylic acids is 1. The van der Waals surface area contributed by atoms with Crippen LogP contribution >= 0.6 is 0 Å². The fourth-order valence-corrected chi connectivity index (χ4v) is 2.99. The molecule has 0 heterocycles. The Morgan fingerprint density at radius 2 is 1.76 bits per heavy atom. The zero-order chi connectivity index (χ0) is 12.5. The van der Waals surface area contributed by atoms with Crippen LogP contribution < -0.4 is 0 Å². The molecule has 0 radical (unpaired) electrons. The maximum atomic E-state index is 12.1. The van der Waals surface area contributed by atoms with Gasteiger partial charge in [0.2, 0.25) is 0 Å². The molecule has 0 aromatic carbocycles. The highest BCUT2D eigenvalue weighted by Crippen LogP contribution is 2.49. The Labute approximate surface area is 98.5 Å². The summed E-state index contributed by atoms with van der Waals surface area (Å²) in [6.07, 6.45) is 0.760. The molecule has 0 amide bonds. The number of rotatable bonds is 2. The highest BCUT2D eigenvalue weighted by atomic mass is 19.4. The summed E-state index contributed by atoms with van der Waals surface area (Å²) in [6.45, 7) is -1.23. The lowest BCUT2D eigenvalue weighted by Crippen LogP contribution is -2.55. The quantitative estimate of drug-likeness (QED) is 0.752. The summed E-state index contributed by atoms with van der Waals surface area (Å²) >= 11 is 0. The molecule has 1 spiro atoms. The number of halogens is 3. The summed E-state index contributed by atoms with van der Waals surface area (Å²) in [5.41, 5.74) is -0.582. The number of Topliss-reactive ketones (excluding diaryl/α,β-unsaturated/α-hetero) is 1. The monoisotopic (exact) mass is 250 g/mol. The van der Waals surface area contributed by atoms with Crippen LogP contribution in [0.3, 0.4) is 0 Å². The van der Waals surface area contributed by atoms with Crippen molar-refractivity contribution in [3.05, 3.63) is 0 Å². The van der Waals surface area contributed by atoms with Gasteiger partial charge in [-0.05, 0) is 12.8 Å². The molecule has 0 aromatic rings. The highest BCUT2D eigenvalue weighted by molar-refractivity contribution is 5.92. The van der Waals surface area contributed by atoms with E-state index in [0.717, 1.165) is 25.7 Å². The maximum Gasteiger partial charge on any atom is 0.411 e. The van der Waals surface area contributed by atoms with Crippen LogP contribution in [-0.2, 0) is 9.53 Å². The first-order valence-corrected chi connectivity index (χ1v) is 6.16. The standard InChI is InChI=1S/C12H17F3O2/c13-12(14,15)8-17-10-7-9(16)11(10)5-3-1-2-4-6-11/h10H,1-8H2. The second kappa shape index (κ2) is 4.59. The first-order valence-electron chi connectivity index (χ1n) is 6.16. The predicted molar refractivity (Wildman–Crippen MR) is 55.6 cm³/mol. The van der Waals surface area contributed by atoms with Crippen LogP contribution in [-0.4, -0.2) is 24.7 Å². The van der Waals surface area contributed by atoms with Gasteiger partial charge in [-0.3, -0.25) is 4.79 Å². The van der Waals surface area contributed by atoms with Crippen LogP contribution in [0.5, 0.6) is 0 Å². The Balaban J connectivity index is 1.96. The van der Waals surface area contributed by atoms with Crippen molar-refractivity contribution in [2.24, 2.45) is 5.41 Å². The molecule has 1 unspecified atom stereocenters. The van der Waals surface area contributed by atoms with Gasteiger partial charge in [0.25, 0.3) is 0 Å². The van der Waals surface area contributed by atoms with Gasteiger partial charge >= 0.3 is 6.18 Å². The molecule has 5 heteroatoms. The molecule has 17 heavy (non-hydrogen) atoms. The topological polar surface area (TPSA) is 26.3 Å². The summed E-state index contributed by atoms with van der Waals surface area (Å²) in [5.74, 6) is 0.103. The van der Waals surface area contributed by atoms with Gasteiger partial charge in [0, 0.05) is 6.42 Å². The van der Waals surface area contributed by atoms with E-state index in [2.05, 4.69) is 0 Å². The fourth-order valence-electron chi connectivity index (χ4n) is 2.99. The molecule has 2 aliphatic carbocycles. The average molecular weight is 250 g/mol. The minimum absolute atomic E-state index is 0.103. The minimum Gasteiger partial charge on any atom is -0.367 e. The lowest BCUT2D eigenvalue weighted by molar-refractivity contribution is -0.215. The van der Waals surface area contributed by atoms with Crippen molar-refractivity contribution < 1.29 is 22.7 Å². The van der Waals surface area contributed by atoms with E-state index in [0.29, 0.717) is 12.8 Å². The van der Waals surface area contributed by atoms with Gasteiger partial charge in [0.15, 0.2) is 0 Å². The van der Waals surface area contributed by atoms with E-state index in [9.17, 15) is 18.0 Å². The second-order valence-electron chi connectivity index (χ2n) is 5.11. The van der Waals surface area contributed by atoms with Gasteiger partial charge < -0.3 is 4.74 Å². The van der Waals surface area contributed by atoms with Crippen molar-refractivity contribution >= 4 is 5.78 Å². The number of alkyl halides is 3. The number of hydrogen-bond acceptors (Lipinski definition) is 2. The molecule has 1 atom stereocenters. The summed E-state index contributed by atoms with van der Waals surface area (Å²) < 4.78 is 41.2. The molecule has 2 rings (SSSR count). The van der Waals surface area contributed by atoms with E-state index in [1.165, 1.54) is 0 Å². The van der Waals surface area contributed by atoms with Crippen LogP contribution in [0.1, 0.15) is 44.9 Å². The predicted octanol–water partition coefficient (Wildman–Crippen LogP) is 3.25. The Morgan fingerprint density at radius 3 is 2.24 bits per heavy atom. The molecule has 98 valence electrons. The van der Waals surface area contributed by atoms with Gasteiger partial charge in [0.1, 0.15) is 12.4 Å². The van der Waals surface area contributed by atoms with Crippen molar-refractivity contribution in [3.8, 4) is 0 Å². The van der Waals surface area contributed by atoms with Crippen LogP contribution in [0.2, 0.25) is 0 Å². The molecular weight excluding hydrogens is 233 g/mol. The Bertz CT molecular complexity index is 291. The van der Waals surface area contributed by atoms with Gasteiger partial charge in [0.05, 0.1) is 11.5 Å². The summed E-state index contributed by atoms with van der Waals surface area (Å²) in [4.78, 5) is 11.7. The third-order valence-electron chi connectivity index (χ3n) is 3.99. The van der Waals surface area contributed by atoms with E-state index in [4.69, 9.17) is 4.74 Å². The third kappa shape index (κ3) is 2.64. The Hall–Kier alpha value is -0.580. The maximum absolute atomic E-state index is 12.1. The molecule has 0 N–H and O–H groups in total. The normalized spacial score (nSPS) is 28.9. The molecule has 0 aromatic heterocycles. The number of ketones is 1. The molecule has 2 aliphatic rings. The zero-order valence-electron chi connectivity index (χ0n) is 9.68. The van der Waals surface area contributed by atoms with Crippen molar-refractivity contribution in [2.75, 3.05) is 6.61 Å². The van der Waals surface area contributed by atoms with E-state index in [-0.39, 0.29) is 12.2 Å². The minimum atomic E-state index is -4.30. The van der Waals surface area contributed by atoms with Crippen LogP contribution in [0.15, 0.2) is 0 Å². The van der Waals surface area contributed by atoms with Crippen molar-refractivity contribution in [3.63, 3.8) is 0 Å². The van der Waals surface area contributed by atoms with Gasteiger partial charge in [-0.15, -0.1) is 0 Å². The van der Waals surface area contributed by atoms with Gasteiger partial charge in [-0.25, -0.2) is 0 Å². The molecule has 2 nitrogen and oxygen atoms in total. The lowest BCUT2D eigenvalue weighted by Gasteiger charge is -2.47. The number of ether oxygens (including phenoxy) is 1. The summed E-state index contributed by atoms with van der Waals surface area (Å²) in [6, 6.07) is 0. The summed E-state index contributed by atoms with van der Waals surface area (Å²) in [7, 11) is 0. The second-order valence-corrected chi connectivity index (χ2v) is 5.11. The van der Waals surface area contributed by atoms with Crippen molar-refractivity contribution in [1.29, 1.82) is 0 Å². The number of carbonyl (C=O) groups is 1. The zero-order valence-corrected chi connectivity index (χ0v) is 9.68. The van der Waals surface area contributed by atoms with E-state index >= 15 is 0 Å². The largest absolute Gasteiger partial charge is 0.411 e. The van der Waals surface area contributed by atoms with Crippen molar-refractivity contribution in [1.82, 2.24) is 0 Å². The first kappa shape index (κ1) is 12.9. The molecule has 0 aliphatic heterocycles. The lowest BCUT2D eigenvalue weighted by atomic mass is 9.60. The van der Waals surface area contributed by atoms with Crippen LogP contribution in [0, 0.1) is 5.41 Å². The Morgan fingerprint density at radius 1 is 1.18 bits per heavy atom. The SMILES string of the molecule is O=C1CC(OCC(F)(F)F)C12CCCCCC2. The summed E-state index contributed by atoms with van der Waals surface area (Å²) in [5, 5.41) is 0. The van der Waals surface area contributed by atoms with Crippen LogP contribution in [0.4, 0.5) is 13.2 Å². The Kier molecular flexibility index (Phi) is 3.48. The van der Waals surface area contributed by atoms with E-state index in [1.807, 2.05) is 0 Å². The molecule has 0 bridgehead atoms. The molecular formula is C12H17F3O2. The molecule has 2 fully saturated rings. The van der Waals surface area contributed by atoms with E-state index < -0.39 is 24.3 Å².